The molecule has 0 aliphatic rings. The molecule has 0 unspecified atom stereocenters. The molecule has 0 saturated heterocycles. The first kappa shape index (κ1) is 58.3. The molecule has 414 valence electrons. The summed E-state index contributed by atoms with van der Waals surface area (Å²) in [5.74, 6) is -1.88. The second kappa shape index (κ2) is 24.3. The number of pyridine rings is 1. The second-order valence-electron chi connectivity index (χ2n) is 16.1. The third-order valence-corrected chi connectivity index (χ3v) is 16.7. The van der Waals surface area contributed by atoms with Crippen LogP contribution in [0.1, 0.15) is 24.0 Å². The Bertz CT molecular complexity index is 4200. The van der Waals surface area contributed by atoms with Crippen LogP contribution >= 0.6 is 47.0 Å². The van der Waals surface area contributed by atoms with Gasteiger partial charge < -0.3 is 19.8 Å². The number of phenolic OH excluding ortho intramolecular Hbond substituents is 1. The Hall–Kier alpha value is -6.83. The van der Waals surface area contributed by atoms with Crippen LogP contribution in [0.4, 0.5) is 39.3 Å². The van der Waals surface area contributed by atoms with E-state index >= 15 is 0 Å². The molecule has 7 N–H and O–H groups in total. The molecular weight excluding hydrogens is 1190 g/mol. The minimum absolute atomic E-state index is 0.0138. The molecule has 8 aromatic rings. The van der Waals surface area contributed by atoms with Crippen molar-refractivity contribution in [2.45, 2.75) is 34.5 Å². The van der Waals surface area contributed by atoms with Crippen molar-refractivity contribution in [1.82, 2.24) is 14.4 Å². The summed E-state index contributed by atoms with van der Waals surface area (Å²) in [5, 5.41) is 83.1. The molecule has 0 aliphatic heterocycles. The third kappa shape index (κ3) is 12.8. The van der Waals surface area contributed by atoms with Crippen molar-refractivity contribution in [3.05, 3.63) is 82.9 Å². The molecule has 0 aliphatic carbocycles. The molecule has 0 bridgehead atoms. The molecule has 0 radical (unpaired) electrons. The lowest BCUT2D eigenvalue weighted by molar-refractivity contribution is -0.432. The van der Waals surface area contributed by atoms with Gasteiger partial charge in [-0.2, -0.15) is 30.5 Å². The average Bonchev–Trinajstić information content (AvgIpc) is 4.25. The van der Waals surface area contributed by atoms with Crippen LogP contribution in [0.2, 0.25) is 5.02 Å². The first-order chi connectivity index (χ1) is 37.6. The van der Waals surface area contributed by atoms with Crippen LogP contribution in [0.5, 0.6) is 17.4 Å². The molecule has 3 aromatic heterocycles. The molecule has 36 heteroatoms. The SMILES string of the molecule is COc1cc(N=Nc2c(SOOO)cc3c(S(=O)(=O)O)c(N=Nc4c(C)c(C#N)c5nc6ccccc6n5c4O)ccc3c2O)c(N(CCCSOOO)CCCS(=O)(=O)O)cc1N=Nc1nc2ccc(Cl)c(S(=O)(=O)O)c2s1. The van der Waals surface area contributed by atoms with Gasteiger partial charge in [0.1, 0.15) is 49.9 Å². The lowest BCUT2D eigenvalue weighted by Gasteiger charge is -2.26. The lowest BCUT2D eigenvalue weighted by atomic mass is 10.1. The highest BCUT2D eigenvalue weighted by molar-refractivity contribution is 7.95. The summed E-state index contributed by atoms with van der Waals surface area (Å²) in [6.45, 7) is 1.41. The van der Waals surface area contributed by atoms with Crippen molar-refractivity contribution in [3.63, 3.8) is 0 Å². The minimum Gasteiger partial charge on any atom is -0.505 e. The number of aromatic hydroxyl groups is 2. The van der Waals surface area contributed by atoms with Gasteiger partial charge in [-0.3, -0.25) is 18.1 Å². The van der Waals surface area contributed by atoms with Gasteiger partial charge in [0.25, 0.3) is 30.4 Å². The Morgan fingerprint density at radius 1 is 0.785 bits per heavy atom. The molecule has 3 heterocycles. The van der Waals surface area contributed by atoms with Crippen LogP contribution in [0, 0.1) is 18.3 Å². The maximum Gasteiger partial charge on any atom is 0.297 e. The van der Waals surface area contributed by atoms with E-state index in [1.807, 2.05) is 6.07 Å². The van der Waals surface area contributed by atoms with Crippen LogP contribution in [-0.2, 0) is 49.1 Å². The fourth-order valence-electron chi connectivity index (χ4n) is 7.97. The van der Waals surface area contributed by atoms with Crippen LogP contribution in [0.15, 0.2) is 112 Å². The number of hydrogen-bond acceptors (Lipinski definition) is 28. The Balaban J connectivity index is 1.27. The fraction of sp³-hybridized carbons (Fsp3) is 0.186. The number of rotatable bonds is 23. The van der Waals surface area contributed by atoms with E-state index in [-0.39, 0.29) is 120 Å². The van der Waals surface area contributed by atoms with Gasteiger partial charge in [-0.05, 0) is 68.3 Å². The number of benzene rings is 5. The fourth-order valence-corrected chi connectivity index (χ4v) is 12.6. The van der Waals surface area contributed by atoms with E-state index in [2.05, 4.69) is 59.4 Å². The monoisotopic (exact) mass is 1220 g/mol. The number of thiazole rings is 1. The van der Waals surface area contributed by atoms with Crippen molar-refractivity contribution in [3.8, 4) is 23.4 Å². The van der Waals surface area contributed by atoms with E-state index in [9.17, 15) is 59.6 Å². The van der Waals surface area contributed by atoms with Gasteiger partial charge in [-0.25, -0.2) is 20.5 Å². The maximum absolute atomic E-state index is 13.3. The Kier molecular flexibility index (Phi) is 17.9. The number of nitrogens with zero attached hydrogens (tertiary/aromatic N) is 11. The number of anilines is 1. The zero-order chi connectivity index (χ0) is 57.0. The van der Waals surface area contributed by atoms with Crippen molar-refractivity contribution in [1.29, 1.82) is 5.26 Å². The van der Waals surface area contributed by atoms with E-state index in [1.54, 1.807) is 29.2 Å². The Morgan fingerprint density at radius 3 is 2.18 bits per heavy atom. The highest BCUT2D eigenvalue weighted by Gasteiger charge is 2.28. The van der Waals surface area contributed by atoms with Crippen LogP contribution in [0.25, 0.3) is 37.7 Å². The van der Waals surface area contributed by atoms with Gasteiger partial charge in [-0.1, -0.05) is 45.1 Å². The molecule has 79 heavy (non-hydrogen) atoms. The highest BCUT2D eigenvalue weighted by atomic mass is 35.5. The van der Waals surface area contributed by atoms with Crippen molar-refractivity contribution in [2.24, 2.45) is 30.7 Å². The third-order valence-electron chi connectivity index (χ3n) is 11.3. The summed E-state index contributed by atoms with van der Waals surface area (Å²) in [6, 6.07) is 17.3. The summed E-state index contributed by atoms with van der Waals surface area (Å²) in [4.78, 5) is 8.47. The van der Waals surface area contributed by atoms with E-state index in [1.165, 1.54) is 48.8 Å². The van der Waals surface area contributed by atoms with Crippen molar-refractivity contribution < 1.29 is 83.1 Å². The van der Waals surface area contributed by atoms with Gasteiger partial charge in [0.15, 0.2) is 17.1 Å². The molecule has 0 atom stereocenters. The molecule has 29 nitrogen and oxygen atoms in total. The molecule has 0 saturated carbocycles. The maximum atomic E-state index is 13.3. The number of nitriles is 1. The predicted octanol–water partition coefficient (Wildman–Crippen LogP) is 11.2. The number of para-hydroxylation sites is 2. The summed E-state index contributed by atoms with van der Waals surface area (Å²) in [5.41, 5.74) is -0.101. The average molecular weight is 1220 g/mol. The van der Waals surface area contributed by atoms with E-state index in [0.29, 0.717) is 23.1 Å². The normalized spacial score (nSPS) is 12.6. The van der Waals surface area contributed by atoms with Crippen molar-refractivity contribution in [2.75, 3.05) is 36.6 Å². The molecule has 0 fully saturated rings. The Labute approximate surface area is 462 Å². The van der Waals surface area contributed by atoms with Gasteiger partial charge in [-0.15, -0.1) is 39.4 Å². The molecule has 0 amide bonds. The first-order valence-electron chi connectivity index (χ1n) is 21.9. The highest BCUT2D eigenvalue weighted by Crippen LogP contribution is 2.49. The summed E-state index contributed by atoms with van der Waals surface area (Å²) in [7, 11) is -13.4. The number of methoxy groups -OCH3 is 1. The Morgan fingerprint density at radius 2 is 1.48 bits per heavy atom. The summed E-state index contributed by atoms with van der Waals surface area (Å²) < 4.78 is 121. The molecule has 0 spiro atoms. The number of phenols is 1. The number of azo groups is 3. The number of imidazole rings is 1. The lowest BCUT2D eigenvalue weighted by Crippen LogP contribution is -2.27. The van der Waals surface area contributed by atoms with Crippen molar-refractivity contribution >= 4 is 154 Å². The standard InChI is InChI=1S/C43H36ClN11O18S6/c1-21-24(20-45)41-46-26-7-3-4-8-31(26)55(41)42(57)35(21)51-48-28-11-9-22-23(39(28)78(63,64)65)17-34(76-73-71-59)36(37(22)56)52-49-29-19-33(69-2)30(18-32(29)54(13-5-15-74-72-70-58)14-6-16-77(60,61)62)50-53-43-47-27-12-10-25(44)40(38(27)75-43)79(66,67)68/h3-4,7-12,17-19,56-59H,5-6,13-16H2,1-2H3,(H,60,61,62)(H,63,64,65)(H,66,67,68). The van der Waals surface area contributed by atoms with Gasteiger partial charge in [0.05, 0.1) is 61.8 Å². The number of halogens is 1. The summed E-state index contributed by atoms with van der Waals surface area (Å²) in [6.07, 6.45) is 0.0674. The largest absolute Gasteiger partial charge is 0.505 e. The number of aromatic nitrogens is 3. The molecule has 5 aromatic carbocycles. The van der Waals surface area contributed by atoms with E-state index < -0.39 is 74.3 Å². The first-order valence-corrected chi connectivity index (χ1v) is 29.2. The van der Waals surface area contributed by atoms with E-state index in [0.717, 1.165) is 23.5 Å². The smallest absolute Gasteiger partial charge is 0.297 e. The van der Waals surface area contributed by atoms with Gasteiger partial charge >= 0.3 is 0 Å². The number of fused-ring (bicyclic) bond motifs is 5. The topological polar surface area (TPSA) is 422 Å². The van der Waals surface area contributed by atoms with Crippen LogP contribution < -0.4 is 9.64 Å². The van der Waals surface area contributed by atoms with Crippen LogP contribution in [0.3, 0.4) is 0 Å². The minimum atomic E-state index is -5.31. The quantitative estimate of drug-likeness (QED) is 0.00781. The van der Waals surface area contributed by atoms with Gasteiger partial charge in [0.2, 0.25) is 11.0 Å². The number of hydrogen-bond donors (Lipinski definition) is 7. The number of ether oxygens (including phenoxy) is 1. The summed E-state index contributed by atoms with van der Waals surface area (Å²) >= 11 is 7.72. The second-order valence-corrected chi connectivity index (χ2v) is 23.3. The van der Waals surface area contributed by atoms with Gasteiger partial charge in [0, 0.05) is 53.3 Å². The zero-order valence-corrected chi connectivity index (χ0v) is 45.6. The van der Waals surface area contributed by atoms with E-state index in [4.69, 9.17) is 21.6 Å². The van der Waals surface area contributed by atoms with Crippen LogP contribution in [-0.4, -0.2) is 106 Å². The molecular formula is C43H36ClN11O18S6. The molecule has 8 rings (SSSR count). The predicted molar refractivity (Wildman–Crippen MR) is 285 cm³/mol. The zero-order valence-electron chi connectivity index (χ0n) is 40.0.